The summed E-state index contributed by atoms with van der Waals surface area (Å²) < 4.78 is 17.0. The number of ether oxygens (including phenoxy) is 3. The van der Waals surface area contributed by atoms with Crippen molar-refractivity contribution in [1.29, 1.82) is 0 Å². The Kier molecular flexibility index (Phi) is 69.6. The molecule has 0 aliphatic heterocycles. The molecule has 0 aliphatic carbocycles. The first-order chi connectivity index (χ1) is 41.0. The van der Waals surface area contributed by atoms with Crippen LogP contribution in [0.1, 0.15) is 406 Å². The van der Waals surface area contributed by atoms with E-state index in [1.165, 1.54) is 289 Å². The van der Waals surface area contributed by atoms with E-state index in [1.54, 1.807) is 0 Å². The summed E-state index contributed by atoms with van der Waals surface area (Å²) in [6.07, 6.45) is 91.5. The van der Waals surface area contributed by atoms with Gasteiger partial charge in [0.1, 0.15) is 13.2 Å². The molecule has 0 bridgehead atoms. The zero-order valence-corrected chi connectivity index (χ0v) is 56.0. The van der Waals surface area contributed by atoms with Crippen LogP contribution in [0.4, 0.5) is 0 Å². The molecule has 0 fully saturated rings. The molecule has 1 atom stereocenters. The van der Waals surface area contributed by atoms with Gasteiger partial charge in [0.2, 0.25) is 0 Å². The van der Waals surface area contributed by atoms with Crippen LogP contribution in [-0.4, -0.2) is 37.2 Å². The van der Waals surface area contributed by atoms with Crippen LogP contribution in [0.15, 0.2) is 48.6 Å². The Morgan fingerprint density at radius 3 is 0.699 bits per heavy atom. The maximum atomic E-state index is 13.0. The molecule has 0 aromatic rings. The topological polar surface area (TPSA) is 78.9 Å². The normalized spacial score (nSPS) is 12.3. The second kappa shape index (κ2) is 71.8. The second-order valence-corrected chi connectivity index (χ2v) is 25.2. The molecule has 83 heavy (non-hydrogen) atoms. The standard InChI is InChI=1S/C77H142O6/c1-4-7-10-13-16-19-22-25-27-29-31-33-35-37-38-40-41-43-45-47-49-52-55-58-61-64-67-70-76(79)82-73-74(72-81-75(78)69-66-63-60-57-54-51-24-21-18-15-12-9-6-3)83-77(80)71-68-65-62-59-56-53-50-48-46-44-42-39-36-34-32-30-28-26-23-20-17-14-11-8-5-2/h21,23-24,26,30,32,36,39,74H,4-20,22,25,27-29,31,33-35,37-38,40-73H2,1-3H3/b24-21-,26-23-,32-30-,39-36-. The fourth-order valence-corrected chi connectivity index (χ4v) is 11.2. The zero-order valence-electron chi connectivity index (χ0n) is 56.0. The molecule has 6 nitrogen and oxygen atoms in total. The van der Waals surface area contributed by atoms with E-state index in [4.69, 9.17) is 14.2 Å². The van der Waals surface area contributed by atoms with Gasteiger partial charge in [-0.15, -0.1) is 0 Å². The molecule has 1 unspecified atom stereocenters. The van der Waals surface area contributed by atoms with E-state index in [0.29, 0.717) is 19.3 Å². The Bertz CT molecular complexity index is 1430. The molecule has 486 valence electrons. The van der Waals surface area contributed by atoms with Gasteiger partial charge in [-0.2, -0.15) is 0 Å². The molecule has 0 spiro atoms. The van der Waals surface area contributed by atoms with E-state index >= 15 is 0 Å². The van der Waals surface area contributed by atoms with Gasteiger partial charge in [0, 0.05) is 19.3 Å². The molecule has 0 rings (SSSR count). The summed E-state index contributed by atoms with van der Waals surface area (Å²) in [5.74, 6) is -0.859. The molecular weight excluding hydrogens is 1020 g/mol. The van der Waals surface area contributed by atoms with Gasteiger partial charge in [0.05, 0.1) is 0 Å². The number of unbranched alkanes of at least 4 members (excludes halogenated alkanes) is 50. The third-order valence-electron chi connectivity index (χ3n) is 16.8. The highest BCUT2D eigenvalue weighted by atomic mass is 16.6. The Balaban J connectivity index is 4.22. The highest BCUT2D eigenvalue weighted by Gasteiger charge is 2.19. The minimum absolute atomic E-state index is 0.0729. The molecular formula is C77H142O6. The Morgan fingerprint density at radius 2 is 0.434 bits per heavy atom. The van der Waals surface area contributed by atoms with Crippen molar-refractivity contribution < 1.29 is 28.6 Å². The molecule has 6 heteroatoms. The van der Waals surface area contributed by atoms with E-state index in [2.05, 4.69) is 69.4 Å². The van der Waals surface area contributed by atoms with Crippen molar-refractivity contribution in [1.82, 2.24) is 0 Å². The lowest BCUT2D eigenvalue weighted by Crippen LogP contribution is -2.30. The first-order valence-corrected chi connectivity index (χ1v) is 37.1. The third kappa shape index (κ3) is 70.0. The summed E-state index contributed by atoms with van der Waals surface area (Å²) >= 11 is 0. The molecule has 0 saturated heterocycles. The quantitative estimate of drug-likeness (QED) is 0.0261. The summed E-state index contributed by atoms with van der Waals surface area (Å²) in [7, 11) is 0. The third-order valence-corrected chi connectivity index (χ3v) is 16.8. The number of allylic oxidation sites excluding steroid dienone is 8. The van der Waals surface area contributed by atoms with Gasteiger partial charge in [0.25, 0.3) is 0 Å². The van der Waals surface area contributed by atoms with Crippen LogP contribution in [0.2, 0.25) is 0 Å². The summed E-state index contributed by atoms with van der Waals surface area (Å²) in [5.41, 5.74) is 0. The summed E-state index contributed by atoms with van der Waals surface area (Å²) in [6.45, 7) is 6.68. The van der Waals surface area contributed by atoms with Crippen LogP contribution in [0, 0.1) is 0 Å². The van der Waals surface area contributed by atoms with Crippen LogP contribution < -0.4 is 0 Å². The number of esters is 3. The van der Waals surface area contributed by atoms with Gasteiger partial charge < -0.3 is 14.2 Å². The number of carbonyl (C=O) groups is 3. The number of carbonyl (C=O) groups excluding carboxylic acids is 3. The van der Waals surface area contributed by atoms with Gasteiger partial charge in [0.15, 0.2) is 6.10 Å². The summed E-state index contributed by atoms with van der Waals surface area (Å²) in [5, 5.41) is 0. The molecule has 0 heterocycles. The monoisotopic (exact) mass is 1160 g/mol. The van der Waals surface area contributed by atoms with Gasteiger partial charge >= 0.3 is 17.9 Å². The van der Waals surface area contributed by atoms with Gasteiger partial charge in [-0.05, 0) is 83.5 Å². The zero-order chi connectivity index (χ0) is 59.9. The molecule has 0 aliphatic rings. The van der Waals surface area contributed by atoms with E-state index in [0.717, 1.165) is 77.0 Å². The van der Waals surface area contributed by atoms with Gasteiger partial charge in [-0.1, -0.05) is 352 Å². The molecule has 0 radical (unpaired) electrons. The lowest BCUT2D eigenvalue weighted by Gasteiger charge is -2.18. The van der Waals surface area contributed by atoms with Gasteiger partial charge in [-0.25, -0.2) is 0 Å². The molecule has 0 N–H and O–H groups in total. The Hall–Kier alpha value is -2.63. The predicted octanol–water partition coefficient (Wildman–Crippen LogP) is 25.7. The van der Waals surface area contributed by atoms with Crippen LogP contribution in [-0.2, 0) is 28.6 Å². The average Bonchev–Trinajstić information content (AvgIpc) is 3.49. The van der Waals surface area contributed by atoms with Crippen molar-refractivity contribution in [3.8, 4) is 0 Å². The van der Waals surface area contributed by atoms with Crippen molar-refractivity contribution in [2.75, 3.05) is 13.2 Å². The van der Waals surface area contributed by atoms with Crippen LogP contribution in [0.3, 0.4) is 0 Å². The Morgan fingerprint density at radius 1 is 0.241 bits per heavy atom. The smallest absolute Gasteiger partial charge is 0.306 e. The molecule has 0 amide bonds. The van der Waals surface area contributed by atoms with Gasteiger partial charge in [-0.3, -0.25) is 14.4 Å². The number of hydrogen-bond acceptors (Lipinski definition) is 6. The number of rotatable bonds is 69. The minimum atomic E-state index is -0.779. The maximum Gasteiger partial charge on any atom is 0.306 e. The van der Waals surface area contributed by atoms with E-state index in [9.17, 15) is 14.4 Å². The largest absolute Gasteiger partial charge is 0.462 e. The summed E-state index contributed by atoms with van der Waals surface area (Å²) in [4.78, 5) is 38.5. The maximum absolute atomic E-state index is 13.0. The van der Waals surface area contributed by atoms with Crippen molar-refractivity contribution in [2.24, 2.45) is 0 Å². The first-order valence-electron chi connectivity index (χ1n) is 37.1. The van der Waals surface area contributed by atoms with Crippen LogP contribution >= 0.6 is 0 Å². The van der Waals surface area contributed by atoms with Crippen molar-refractivity contribution >= 4 is 17.9 Å². The molecule has 0 aromatic heterocycles. The highest BCUT2D eigenvalue weighted by Crippen LogP contribution is 2.19. The van der Waals surface area contributed by atoms with Crippen molar-refractivity contribution in [2.45, 2.75) is 412 Å². The highest BCUT2D eigenvalue weighted by molar-refractivity contribution is 5.71. The van der Waals surface area contributed by atoms with Crippen molar-refractivity contribution in [3.63, 3.8) is 0 Å². The first kappa shape index (κ1) is 80.4. The predicted molar refractivity (Wildman–Crippen MR) is 362 cm³/mol. The minimum Gasteiger partial charge on any atom is -0.462 e. The average molecular weight is 1160 g/mol. The fourth-order valence-electron chi connectivity index (χ4n) is 11.2. The Labute approximate surface area is 518 Å². The SMILES string of the molecule is CCCCCC/C=C\CCCCCCCC(=O)OCC(COC(=O)CCCCCCCCCCCCCCCCCCCCCCCCCCCCC)OC(=O)CCCCCCCCCCCC/C=C\C/C=C\C/C=C\CCCCCCC. The van der Waals surface area contributed by atoms with Crippen LogP contribution in [0.25, 0.3) is 0 Å². The second-order valence-electron chi connectivity index (χ2n) is 25.2. The molecule has 0 aromatic carbocycles. The lowest BCUT2D eigenvalue weighted by atomic mass is 10.0. The fraction of sp³-hybridized carbons (Fsp3) is 0.857. The number of hydrogen-bond donors (Lipinski definition) is 0. The molecule has 0 saturated carbocycles. The van der Waals surface area contributed by atoms with Crippen LogP contribution in [0.5, 0.6) is 0 Å². The summed E-state index contributed by atoms with van der Waals surface area (Å²) in [6, 6.07) is 0. The van der Waals surface area contributed by atoms with E-state index < -0.39 is 6.10 Å². The van der Waals surface area contributed by atoms with E-state index in [-0.39, 0.29) is 31.1 Å². The lowest BCUT2D eigenvalue weighted by molar-refractivity contribution is -0.167. The van der Waals surface area contributed by atoms with E-state index in [1.807, 2.05) is 0 Å². The van der Waals surface area contributed by atoms with Crippen molar-refractivity contribution in [3.05, 3.63) is 48.6 Å².